The number of hydrogen-bond donors (Lipinski definition) is 1. The summed E-state index contributed by atoms with van der Waals surface area (Å²) in [6, 6.07) is 5.75. The highest BCUT2D eigenvalue weighted by Gasteiger charge is 2.35. The molecule has 1 N–H and O–H groups in total. The van der Waals surface area contributed by atoms with Crippen LogP contribution < -0.4 is 0 Å². The van der Waals surface area contributed by atoms with Gasteiger partial charge in [-0.2, -0.15) is 0 Å². The smallest absolute Gasteiger partial charge is 0.109 e. The summed E-state index contributed by atoms with van der Waals surface area (Å²) in [5.74, 6) is 0. The third-order valence-electron chi connectivity index (χ3n) is 4.19. The van der Waals surface area contributed by atoms with Gasteiger partial charge in [0, 0.05) is 30.7 Å². The highest BCUT2D eigenvalue weighted by Crippen LogP contribution is 2.32. The average molecular weight is 303 g/mol. The van der Waals surface area contributed by atoms with Gasteiger partial charge < -0.3 is 5.11 Å². The topological polar surface area (TPSA) is 49.2 Å². The number of aromatic nitrogens is 2. The molecule has 1 aliphatic heterocycles. The van der Waals surface area contributed by atoms with E-state index < -0.39 is 5.60 Å². The molecule has 1 saturated heterocycles. The summed E-state index contributed by atoms with van der Waals surface area (Å²) < 4.78 is 0. The maximum atomic E-state index is 10.8. The summed E-state index contributed by atoms with van der Waals surface area (Å²) in [5.41, 5.74) is 1.17. The zero-order valence-corrected chi connectivity index (χ0v) is 13.4. The van der Waals surface area contributed by atoms with Crippen LogP contribution >= 0.6 is 11.3 Å². The zero-order chi connectivity index (χ0) is 14.9. The second-order valence-corrected chi connectivity index (χ2v) is 7.05. The van der Waals surface area contributed by atoms with Gasteiger partial charge in [0.2, 0.25) is 0 Å². The number of aliphatic hydroxyl groups is 1. The zero-order valence-electron chi connectivity index (χ0n) is 12.5. The van der Waals surface area contributed by atoms with E-state index >= 15 is 0 Å². The first-order valence-electron chi connectivity index (χ1n) is 7.36. The van der Waals surface area contributed by atoms with E-state index in [2.05, 4.69) is 28.7 Å². The molecule has 0 unspecified atom stereocenters. The van der Waals surface area contributed by atoms with E-state index in [1.807, 2.05) is 18.2 Å². The number of likely N-dealkylation sites (tertiary alicyclic amines) is 1. The van der Waals surface area contributed by atoms with Crippen molar-refractivity contribution in [1.29, 1.82) is 0 Å². The Morgan fingerprint density at radius 1 is 1.29 bits per heavy atom. The summed E-state index contributed by atoms with van der Waals surface area (Å²) in [5, 5.41) is 11.9. The van der Waals surface area contributed by atoms with E-state index in [4.69, 9.17) is 0 Å². The minimum absolute atomic E-state index is 0.737. The van der Waals surface area contributed by atoms with Crippen LogP contribution in [0.5, 0.6) is 0 Å². The van der Waals surface area contributed by atoms with Gasteiger partial charge in [-0.1, -0.05) is 6.07 Å². The van der Waals surface area contributed by atoms with Gasteiger partial charge in [-0.3, -0.25) is 9.88 Å². The van der Waals surface area contributed by atoms with Crippen molar-refractivity contribution in [3.05, 3.63) is 45.7 Å². The monoisotopic (exact) mass is 303 g/mol. The molecule has 0 spiro atoms. The van der Waals surface area contributed by atoms with Crippen molar-refractivity contribution >= 4 is 11.3 Å². The molecule has 1 fully saturated rings. The quantitative estimate of drug-likeness (QED) is 0.947. The molecule has 0 aliphatic carbocycles. The van der Waals surface area contributed by atoms with Gasteiger partial charge in [-0.25, -0.2) is 4.98 Å². The van der Waals surface area contributed by atoms with Crippen LogP contribution in [0.4, 0.5) is 0 Å². The molecule has 4 nitrogen and oxygen atoms in total. The van der Waals surface area contributed by atoms with E-state index in [1.165, 1.54) is 4.88 Å². The standard InChI is InChI=1S/C16H21N3OS/c1-12-14(21-13(2)18-12)11-19-9-6-16(20,7-10-19)15-5-3-4-8-17-15/h3-5,8,20H,6-7,9-11H2,1-2H3. The van der Waals surface area contributed by atoms with Gasteiger partial charge >= 0.3 is 0 Å². The lowest BCUT2D eigenvalue weighted by Gasteiger charge is -2.37. The predicted molar refractivity (Wildman–Crippen MR) is 84.2 cm³/mol. The molecule has 0 bridgehead atoms. The number of piperidine rings is 1. The van der Waals surface area contributed by atoms with Crippen LogP contribution in [0.1, 0.15) is 34.1 Å². The fourth-order valence-corrected chi connectivity index (χ4v) is 3.88. The Hall–Kier alpha value is -1.30. The van der Waals surface area contributed by atoms with Crippen LogP contribution in [0.2, 0.25) is 0 Å². The van der Waals surface area contributed by atoms with Crippen molar-refractivity contribution < 1.29 is 5.11 Å². The van der Waals surface area contributed by atoms with Crippen LogP contribution in [0.15, 0.2) is 24.4 Å². The Morgan fingerprint density at radius 3 is 2.62 bits per heavy atom. The van der Waals surface area contributed by atoms with Crippen LogP contribution in [-0.2, 0) is 12.1 Å². The molecule has 21 heavy (non-hydrogen) atoms. The minimum Gasteiger partial charge on any atom is -0.383 e. The molecule has 0 amide bonds. The number of nitrogens with zero attached hydrogens (tertiary/aromatic N) is 3. The lowest BCUT2D eigenvalue weighted by Crippen LogP contribution is -2.42. The molecule has 3 heterocycles. The predicted octanol–water partition coefficient (Wildman–Crippen LogP) is 2.64. The van der Waals surface area contributed by atoms with Crippen LogP contribution in [0, 0.1) is 13.8 Å². The van der Waals surface area contributed by atoms with Crippen molar-refractivity contribution in [2.45, 2.75) is 38.8 Å². The fraction of sp³-hybridized carbons (Fsp3) is 0.500. The van der Waals surface area contributed by atoms with Crippen molar-refractivity contribution in [2.75, 3.05) is 13.1 Å². The van der Waals surface area contributed by atoms with Crippen LogP contribution in [0.3, 0.4) is 0 Å². The first kappa shape index (κ1) is 14.6. The first-order valence-corrected chi connectivity index (χ1v) is 8.18. The van der Waals surface area contributed by atoms with E-state index in [1.54, 1.807) is 17.5 Å². The molecule has 0 saturated carbocycles. The van der Waals surface area contributed by atoms with Crippen molar-refractivity contribution in [3.63, 3.8) is 0 Å². The van der Waals surface area contributed by atoms with Gasteiger partial charge in [0.15, 0.2) is 0 Å². The Kier molecular flexibility index (Phi) is 4.06. The Bertz CT molecular complexity index is 603. The molecule has 0 atom stereocenters. The molecule has 0 radical (unpaired) electrons. The molecule has 2 aromatic heterocycles. The summed E-state index contributed by atoms with van der Waals surface area (Å²) >= 11 is 1.78. The number of aryl methyl sites for hydroxylation is 2. The summed E-state index contributed by atoms with van der Waals surface area (Å²) in [7, 11) is 0. The molecule has 112 valence electrons. The number of thiazole rings is 1. The van der Waals surface area contributed by atoms with Crippen molar-refractivity contribution in [2.24, 2.45) is 0 Å². The van der Waals surface area contributed by atoms with Crippen molar-refractivity contribution in [3.8, 4) is 0 Å². The first-order chi connectivity index (χ1) is 10.1. The Labute approximate surface area is 129 Å². The molecule has 2 aromatic rings. The normalized spacial score (nSPS) is 18.8. The number of pyridine rings is 1. The van der Waals surface area contributed by atoms with Gasteiger partial charge in [0.1, 0.15) is 5.60 Å². The highest BCUT2D eigenvalue weighted by molar-refractivity contribution is 7.11. The van der Waals surface area contributed by atoms with E-state index in [9.17, 15) is 5.11 Å². The second-order valence-electron chi connectivity index (χ2n) is 5.76. The maximum absolute atomic E-state index is 10.8. The Morgan fingerprint density at radius 2 is 2.05 bits per heavy atom. The van der Waals surface area contributed by atoms with Crippen molar-refractivity contribution in [1.82, 2.24) is 14.9 Å². The Balaban J connectivity index is 1.64. The summed E-state index contributed by atoms with van der Waals surface area (Å²) in [6.45, 7) is 6.85. The largest absolute Gasteiger partial charge is 0.383 e. The maximum Gasteiger partial charge on any atom is 0.109 e. The van der Waals surface area contributed by atoms with Crippen LogP contribution in [0.25, 0.3) is 0 Å². The summed E-state index contributed by atoms with van der Waals surface area (Å²) in [4.78, 5) is 12.6. The van der Waals surface area contributed by atoms with E-state index in [-0.39, 0.29) is 0 Å². The molecular weight excluding hydrogens is 282 g/mol. The van der Waals surface area contributed by atoms with Gasteiger partial charge in [0.25, 0.3) is 0 Å². The van der Waals surface area contributed by atoms with Gasteiger partial charge in [-0.05, 0) is 38.8 Å². The minimum atomic E-state index is -0.767. The van der Waals surface area contributed by atoms with Gasteiger partial charge in [0.05, 0.1) is 16.4 Å². The third kappa shape index (κ3) is 3.15. The molecular formula is C16H21N3OS. The lowest BCUT2D eigenvalue weighted by atomic mass is 9.88. The number of hydrogen-bond acceptors (Lipinski definition) is 5. The second kappa shape index (κ2) is 5.83. The number of rotatable bonds is 3. The lowest BCUT2D eigenvalue weighted by molar-refractivity contribution is -0.0309. The molecule has 1 aliphatic rings. The highest BCUT2D eigenvalue weighted by atomic mass is 32.1. The molecule has 0 aromatic carbocycles. The third-order valence-corrected chi connectivity index (χ3v) is 5.25. The summed E-state index contributed by atoms with van der Waals surface area (Å²) in [6.07, 6.45) is 3.23. The SMILES string of the molecule is Cc1nc(C)c(CN2CCC(O)(c3ccccn3)CC2)s1. The molecule has 5 heteroatoms. The molecule has 3 rings (SSSR count). The fourth-order valence-electron chi connectivity index (χ4n) is 2.90. The average Bonchev–Trinajstić information content (AvgIpc) is 2.80. The van der Waals surface area contributed by atoms with Gasteiger partial charge in [-0.15, -0.1) is 11.3 Å². The van der Waals surface area contributed by atoms with E-state index in [0.717, 1.165) is 48.9 Å². The van der Waals surface area contributed by atoms with Crippen LogP contribution in [-0.4, -0.2) is 33.1 Å². The van der Waals surface area contributed by atoms with E-state index in [0.29, 0.717) is 0 Å².